The monoisotopic (exact) mass is 432 g/mol. The highest BCUT2D eigenvalue weighted by Crippen LogP contribution is 2.36. The summed E-state index contributed by atoms with van der Waals surface area (Å²) < 4.78 is 4.94. The number of carbonyl (C=O) groups excluding carboxylic acids is 3. The fourth-order valence-corrected chi connectivity index (χ4v) is 3.42. The molecule has 0 spiro atoms. The number of benzene rings is 1. The summed E-state index contributed by atoms with van der Waals surface area (Å²) in [5.74, 6) is -1.39. The van der Waals surface area contributed by atoms with Gasteiger partial charge in [0, 0.05) is 16.7 Å². The van der Waals surface area contributed by atoms with Gasteiger partial charge < -0.3 is 4.74 Å². The van der Waals surface area contributed by atoms with Crippen LogP contribution in [-0.2, 0) is 14.3 Å². The summed E-state index contributed by atoms with van der Waals surface area (Å²) in [6.45, 7) is 1.65. The molecule has 0 atom stereocenters. The lowest BCUT2D eigenvalue weighted by atomic mass is 10.2. The Balaban J connectivity index is 2.20. The van der Waals surface area contributed by atoms with Crippen LogP contribution < -0.4 is 0 Å². The molecule has 1 aliphatic heterocycles. The third-order valence-corrected chi connectivity index (χ3v) is 5.01. The maximum Gasteiger partial charge on any atom is 0.326 e. The second kappa shape index (κ2) is 9.20. The summed E-state index contributed by atoms with van der Waals surface area (Å²) in [6, 6.07) is 2.29. The van der Waals surface area contributed by atoms with E-state index in [1.165, 1.54) is 12.1 Å². The Bertz CT molecular complexity index is 842. The number of hydrogen-bond donors (Lipinski definition) is 0. The Hall–Kier alpha value is -2.10. The predicted molar refractivity (Wildman–Crippen MR) is 102 cm³/mol. The van der Waals surface area contributed by atoms with E-state index in [-0.39, 0.29) is 32.8 Å². The highest BCUT2D eigenvalue weighted by Gasteiger charge is 2.37. The number of unbranched alkanes of at least 4 members (excludes halogenated alkanes) is 1. The average Bonchev–Trinajstić information content (AvgIpc) is 2.84. The van der Waals surface area contributed by atoms with E-state index in [2.05, 4.69) is 0 Å². The fourth-order valence-electron chi connectivity index (χ4n) is 2.09. The number of nitro benzene ring substituents is 1. The number of carbonyl (C=O) groups is 3. The Morgan fingerprint density at radius 2 is 2.04 bits per heavy atom. The second-order valence-corrected chi connectivity index (χ2v) is 7.23. The van der Waals surface area contributed by atoms with Crippen molar-refractivity contribution in [1.29, 1.82) is 0 Å². The predicted octanol–water partition coefficient (Wildman–Crippen LogP) is 4.28. The summed E-state index contributed by atoms with van der Waals surface area (Å²) in [5, 5.41) is 10.3. The van der Waals surface area contributed by atoms with Crippen molar-refractivity contribution in [2.75, 3.05) is 13.2 Å². The zero-order valence-electron chi connectivity index (χ0n) is 14.1. The first-order valence-electron chi connectivity index (χ1n) is 7.79. The lowest BCUT2D eigenvalue weighted by Crippen LogP contribution is -2.34. The van der Waals surface area contributed by atoms with Gasteiger partial charge in [-0.2, -0.15) is 0 Å². The molecule has 2 rings (SSSR count). The number of esters is 1. The minimum atomic E-state index is -0.703. The number of amides is 2. The Morgan fingerprint density at radius 3 is 2.67 bits per heavy atom. The summed E-state index contributed by atoms with van der Waals surface area (Å²) in [5.41, 5.74) is -0.227. The third-order valence-electron chi connectivity index (χ3n) is 3.47. The number of rotatable bonds is 7. The zero-order valence-corrected chi connectivity index (χ0v) is 16.4. The average molecular weight is 433 g/mol. The van der Waals surface area contributed by atoms with Gasteiger partial charge in [-0.05, 0) is 30.3 Å². The van der Waals surface area contributed by atoms with Crippen LogP contribution in [0.15, 0.2) is 17.0 Å². The molecule has 2 amide bonds. The number of halogens is 2. The highest BCUT2D eigenvalue weighted by atomic mass is 35.5. The molecule has 0 radical (unpaired) electrons. The van der Waals surface area contributed by atoms with Crippen molar-refractivity contribution >= 4 is 63.8 Å². The quantitative estimate of drug-likeness (QED) is 0.208. The van der Waals surface area contributed by atoms with Crippen LogP contribution >= 0.6 is 35.0 Å². The van der Waals surface area contributed by atoms with E-state index in [0.717, 1.165) is 17.4 Å². The molecule has 1 fully saturated rings. The molecule has 1 saturated heterocycles. The van der Waals surface area contributed by atoms with Crippen LogP contribution in [-0.4, -0.2) is 40.1 Å². The minimum Gasteiger partial charge on any atom is -0.464 e. The van der Waals surface area contributed by atoms with E-state index in [9.17, 15) is 24.5 Å². The topological polar surface area (TPSA) is 107 Å². The zero-order chi connectivity index (χ0) is 20.1. The normalized spacial score (nSPS) is 15.5. The summed E-state index contributed by atoms with van der Waals surface area (Å²) >= 11 is 12.4. The van der Waals surface area contributed by atoms with Crippen molar-refractivity contribution in [3.05, 3.63) is 42.8 Å². The first kappa shape index (κ1) is 21.2. The Morgan fingerprint density at radius 1 is 1.33 bits per heavy atom. The maximum absolute atomic E-state index is 12.4. The third kappa shape index (κ3) is 5.21. The Kier molecular flexibility index (Phi) is 7.23. The molecule has 0 aliphatic carbocycles. The minimum absolute atomic E-state index is 0.0140. The van der Waals surface area contributed by atoms with Gasteiger partial charge in [0.25, 0.3) is 16.8 Å². The molecule has 1 aromatic rings. The van der Waals surface area contributed by atoms with Crippen LogP contribution in [0.1, 0.15) is 25.3 Å². The molecule has 8 nitrogen and oxygen atoms in total. The highest BCUT2D eigenvalue weighted by molar-refractivity contribution is 8.18. The molecule has 1 aromatic carbocycles. The van der Waals surface area contributed by atoms with Crippen LogP contribution in [0.3, 0.4) is 0 Å². The van der Waals surface area contributed by atoms with E-state index in [1.54, 1.807) is 0 Å². The molecule has 0 saturated carbocycles. The van der Waals surface area contributed by atoms with Gasteiger partial charge in [-0.1, -0.05) is 36.5 Å². The van der Waals surface area contributed by atoms with Gasteiger partial charge in [0.2, 0.25) is 0 Å². The van der Waals surface area contributed by atoms with E-state index < -0.39 is 28.6 Å². The molecule has 1 aliphatic rings. The van der Waals surface area contributed by atoms with Crippen molar-refractivity contribution in [1.82, 2.24) is 4.90 Å². The van der Waals surface area contributed by atoms with Gasteiger partial charge in [-0.3, -0.25) is 29.4 Å². The van der Waals surface area contributed by atoms with Gasteiger partial charge in [-0.15, -0.1) is 0 Å². The number of nitro groups is 1. The van der Waals surface area contributed by atoms with Crippen molar-refractivity contribution in [2.24, 2.45) is 0 Å². The van der Waals surface area contributed by atoms with Crippen molar-refractivity contribution < 1.29 is 24.0 Å². The van der Waals surface area contributed by atoms with Gasteiger partial charge >= 0.3 is 5.97 Å². The van der Waals surface area contributed by atoms with E-state index in [0.29, 0.717) is 18.2 Å². The van der Waals surface area contributed by atoms with E-state index in [1.807, 2.05) is 6.92 Å². The molecule has 11 heteroatoms. The van der Waals surface area contributed by atoms with Gasteiger partial charge in [0.15, 0.2) is 0 Å². The summed E-state index contributed by atoms with van der Waals surface area (Å²) in [4.78, 5) is 47.2. The van der Waals surface area contributed by atoms with Crippen LogP contribution in [0.5, 0.6) is 0 Å². The lowest BCUT2D eigenvalue weighted by Gasteiger charge is -2.11. The molecule has 0 aromatic heterocycles. The smallest absolute Gasteiger partial charge is 0.326 e. The molecule has 0 bridgehead atoms. The number of nitrogens with zero attached hydrogens (tertiary/aromatic N) is 2. The first-order chi connectivity index (χ1) is 12.7. The maximum atomic E-state index is 12.4. The van der Waals surface area contributed by atoms with Crippen LogP contribution in [0, 0.1) is 10.1 Å². The molecule has 0 unspecified atom stereocenters. The van der Waals surface area contributed by atoms with Crippen molar-refractivity contribution in [2.45, 2.75) is 19.8 Å². The summed E-state index contributed by atoms with van der Waals surface area (Å²) in [7, 11) is 0. The van der Waals surface area contributed by atoms with Crippen molar-refractivity contribution in [3.8, 4) is 0 Å². The molecule has 144 valence electrons. The van der Waals surface area contributed by atoms with Gasteiger partial charge in [0.1, 0.15) is 11.6 Å². The number of ether oxygens (including phenoxy) is 1. The molecular weight excluding hydrogens is 419 g/mol. The largest absolute Gasteiger partial charge is 0.464 e. The SMILES string of the molecule is CCCCOC(=O)CN1C(=O)S/C(=C\c2cc([N+](=O)[O-])c(Cl)cc2Cl)C1=O. The van der Waals surface area contributed by atoms with Crippen LogP contribution in [0.2, 0.25) is 10.0 Å². The standard InChI is InChI=1S/C16H14Cl2N2O6S/c1-2-3-4-26-14(21)8-19-15(22)13(27-16(19)23)6-9-5-12(20(24)25)11(18)7-10(9)17/h5-7H,2-4,8H2,1H3/b13-6-. The lowest BCUT2D eigenvalue weighted by molar-refractivity contribution is -0.384. The van der Waals surface area contributed by atoms with Crippen molar-refractivity contribution in [3.63, 3.8) is 0 Å². The van der Waals surface area contributed by atoms with Crippen LogP contribution in [0.4, 0.5) is 10.5 Å². The fraction of sp³-hybridized carbons (Fsp3) is 0.312. The molecule has 27 heavy (non-hydrogen) atoms. The van der Waals surface area contributed by atoms with Gasteiger partial charge in [0.05, 0.1) is 16.4 Å². The molecular formula is C16H14Cl2N2O6S. The Labute approximate surface area is 168 Å². The number of thioether (sulfide) groups is 1. The first-order valence-corrected chi connectivity index (χ1v) is 9.36. The van der Waals surface area contributed by atoms with E-state index >= 15 is 0 Å². The summed E-state index contributed by atoms with van der Waals surface area (Å²) in [6.07, 6.45) is 2.77. The van der Waals surface area contributed by atoms with E-state index in [4.69, 9.17) is 27.9 Å². The second-order valence-electron chi connectivity index (χ2n) is 5.42. The van der Waals surface area contributed by atoms with Gasteiger partial charge in [-0.25, -0.2) is 0 Å². The molecule has 0 N–H and O–H groups in total. The number of hydrogen-bond acceptors (Lipinski definition) is 7. The van der Waals surface area contributed by atoms with Crippen LogP contribution in [0.25, 0.3) is 6.08 Å². The number of imide groups is 1. The molecule has 1 heterocycles.